The number of nitrogens with zero attached hydrogens (tertiary/aromatic N) is 1. The van der Waals surface area contributed by atoms with Gasteiger partial charge >= 0.3 is 0 Å². The van der Waals surface area contributed by atoms with Crippen molar-refractivity contribution < 1.29 is 4.79 Å². The second kappa shape index (κ2) is 7.94. The van der Waals surface area contributed by atoms with E-state index < -0.39 is 5.91 Å². The van der Waals surface area contributed by atoms with Gasteiger partial charge in [-0.15, -0.1) is 0 Å². The zero-order valence-electron chi connectivity index (χ0n) is 15.9. The van der Waals surface area contributed by atoms with E-state index in [1.54, 1.807) is 29.0 Å². The molecule has 29 heavy (non-hydrogen) atoms. The van der Waals surface area contributed by atoms with Crippen molar-refractivity contribution in [2.24, 2.45) is 0 Å². The molecule has 0 aliphatic heterocycles. The van der Waals surface area contributed by atoms with E-state index in [1.165, 1.54) is 6.07 Å². The highest BCUT2D eigenvalue weighted by atomic mass is 35.5. The van der Waals surface area contributed by atoms with Crippen LogP contribution >= 0.6 is 11.6 Å². The Balaban J connectivity index is 1.66. The summed E-state index contributed by atoms with van der Waals surface area (Å²) in [5.41, 5.74) is 2.24. The van der Waals surface area contributed by atoms with E-state index in [4.69, 9.17) is 11.6 Å². The molecule has 3 aromatic carbocycles. The molecule has 4 rings (SSSR count). The van der Waals surface area contributed by atoms with Crippen molar-refractivity contribution in [1.82, 2.24) is 4.57 Å². The topological polar surface area (TPSA) is 51.1 Å². The van der Waals surface area contributed by atoms with Gasteiger partial charge in [0, 0.05) is 16.9 Å². The molecule has 0 atom stereocenters. The van der Waals surface area contributed by atoms with E-state index in [9.17, 15) is 9.59 Å². The molecule has 0 aliphatic rings. The van der Waals surface area contributed by atoms with Gasteiger partial charge < -0.3 is 9.88 Å². The van der Waals surface area contributed by atoms with E-state index in [0.29, 0.717) is 17.3 Å². The molecular weight excluding hydrogens is 384 g/mol. The lowest BCUT2D eigenvalue weighted by Gasteiger charge is -2.12. The molecule has 1 N–H and O–H groups in total. The highest BCUT2D eigenvalue weighted by Crippen LogP contribution is 2.21. The van der Waals surface area contributed by atoms with Gasteiger partial charge in [0.25, 0.3) is 11.5 Å². The van der Waals surface area contributed by atoms with E-state index in [2.05, 4.69) is 5.32 Å². The fourth-order valence-corrected chi connectivity index (χ4v) is 3.54. The van der Waals surface area contributed by atoms with Crippen molar-refractivity contribution in [3.05, 3.63) is 111 Å². The quantitative estimate of drug-likeness (QED) is 0.506. The van der Waals surface area contributed by atoms with Crippen LogP contribution in [0.2, 0.25) is 5.02 Å². The molecule has 5 heteroatoms. The standard InChI is InChI=1S/C24H19ClN2O2/c1-16-11-12-19(25)14-22(16)26-23(28)21-10-5-13-27(24(21)29)15-18-8-4-7-17-6-2-3-9-20(17)18/h2-14H,15H2,1H3,(H,26,28). The molecule has 1 amide bonds. The maximum Gasteiger partial charge on any atom is 0.263 e. The number of hydrogen-bond acceptors (Lipinski definition) is 2. The van der Waals surface area contributed by atoms with Crippen molar-refractivity contribution in [1.29, 1.82) is 0 Å². The van der Waals surface area contributed by atoms with Crippen molar-refractivity contribution in [2.45, 2.75) is 13.5 Å². The van der Waals surface area contributed by atoms with Crippen molar-refractivity contribution in [3.8, 4) is 0 Å². The summed E-state index contributed by atoms with van der Waals surface area (Å²) in [6.07, 6.45) is 1.70. The molecule has 0 bridgehead atoms. The first-order valence-corrected chi connectivity index (χ1v) is 9.64. The van der Waals surface area contributed by atoms with E-state index in [1.807, 2.05) is 55.5 Å². The van der Waals surface area contributed by atoms with Gasteiger partial charge in [-0.2, -0.15) is 0 Å². The van der Waals surface area contributed by atoms with Crippen LogP contribution in [0, 0.1) is 6.92 Å². The third-order valence-electron chi connectivity index (χ3n) is 4.93. The Hall–Kier alpha value is -3.37. The smallest absolute Gasteiger partial charge is 0.263 e. The monoisotopic (exact) mass is 402 g/mol. The number of nitrogens with one attached hydrogen (secondary N) is 1. The molecule has 1 aromatic heterocycles. The number of pyridine rings is 1. The van der Waals surface area contributed by atoms with Crippen LogP contribution in [-0.2, 0) is 6.54 Å². The SMILES string of the molecule is Cc1ccc(Cl)cc1NC(=O)c1cccn(Cc2cccc3ccccc23)c1=O. The minimum atomic E-state index is -0.451. The molecule has 0 radical (unpaired) electrons. The maximum absolute atomic E-state index is 13.0. The minimum absolute atomic E-state index is 0.0899. The number of aromatic nitrogens is 1. The number of aryl methyl sites for hydroxylation is 1. The Morgan fingerprint density at radius 1 is 1.00 bits per heavy atom. The summed E-state index contributed by atoms with van der Waals surface area (Å²) in [5.74, 6) is -0.451. The molecular formula is C24H19ClN2O2. The van der Waals surface area contributed by atoms with E-state index in [0.717, 1.165) is 21.9 Å². The van der Waals surface area contributed by atoms with Gasteiger partial charge in [-0.25, -0.2) is 0 Å². The van der Waals surface area contributed by atoms with E-state index in [-0.39, 0.29) is 11.1 Å². The Labute approximate surface area is 173 Å². The van der Waals surface area contributed by atoms with Gasteiger partial charge in [-0.05, 0) is 53.1 Å². The third-order valence-corrected chi connectivity index (χ3v) is 5.17. The van der Waals surface area contributed by atoms with Gasteiger partial charge in [0.1, 0.15) is 5.56 Å². The van der Waals surface area contributed by atoms with Crippen LogP contribution in [0.3, 0.4) is 0 Å². The van der Waals surface area contributed by atoms with E-state index >= 15 is 0 Å². The van der Waals surface area contributed by atoms with Gasteiger partial charge in [0.05, 0.1) is 6.54 Å². The summed E-state index contributed by atoms with van der Waals surface area (Å²) in [7, 11) is 0. The normalized spacial score (nSPS) is 10.8. The second-order valence-electron chi connectivity index (χ2n) is 6.91. The van der Waals surface area contributed by atoms with Gasteiger partial charge in [-0.3, -0.25) is 9.59 Å². The maximum atomic E-state index is 13.0. The first-order chi connectivity index (χ1) is 14.0. The average molecular weight is 403 g/mol. The number of anilines is 1. The lowest BCUT2D eigenvalue weighted by Crippen LogP contribution is -2.29. The summed E-state index contributed by atoms with van der Waals surface area (Å²) in [4.78, 5) is 25.7. The van der Waals surface area contributed by atoms with Crippen LogP contribution in [0.15, 0.2) is 83.8 Å². The fraction of sp³-hybridized carbons (Fsp3) is 0.0833. The fourth-order valence-electron chi connectivity index (χ4n) is 3.37. The minimum Gasteiger partial charge on any atom is -0.322 e. The Bertz CT molecular complexity index is 1270. The first kappa shape index (κ1) is 19.0. The predicted octanol–water partition coefficient (Wildman–Crippen LogP) is 5.26. The highest BCUT2D eigenvalue weighted by Gasteiger charge is 2.14. The summed E-state index contributed by atoms with van der Waals surface area (Å²) < 4.78 is 1.56. The van der Waals surface area contributed by atoms with Crippen LogP contribution in [0.5, 0.6) is 0 Å². The molecule has 144 valence electrons. The van der Waals surface area contributed by atoms with Gasteiger partial charge in [0.2, 0.25) is 0 Å². The molecule has 0 spiro atoms. The average Bonchev–Trinajstić information content (AvgIpc) is 2.72. The summed E-state index contributed by atoms with van der Waals surface area (Å²) >= 11 is 6.02. The summed E-state index contributed by atoms with van der Waals surface area (Å²) in [5, 5.41) is 5.52. The third kappa shape index (κ3) is 3.93. The summed E-state index contributed by atoms with van der Waals surface area (Å²) in [6.45, 7) is 2.26. The Morgan fingerprint density at radius 2 is 1.79 bits per heavy atom. The molecule has 1 heterocycles. The molecule has 0 unspecified atom stereocenters. The number of carbonyl (C=O) groups is 1. The van der Waals surface area contributed by atoms with Crippen LogP contribution in [0.4, 0.5) is 5.69 Å². The van der Waals surface area contributed by atoms with Gasteiger partial charge in [-0.1, -0.05) is 60.1 Å². The van der Waals surface area contributed by atoms with Crippen molar-refractivity contribution in [2.75, 3.05) is 5.32 Å². The molecule has 4 aromatic rings. The van der Waals surface area contributed by atoms with Crippen LogP contribution in [-0.4, -0.2) is 10.5 Å². The number of amides is 1. The first-order valence-electron chi connectivity index (χ1n) is 9.26. The molecule has 0 saturated carbocycles. The van der Waals surface area contributed by atoms with Crippen LogP contribution < -0.4 is 10.9 Å². The zero-order chi connectivity index (χ0) is 20.4. The number of hydrogen-bond donors (Lipinski definition) is 1. The molecule has 0 aliphatic carbocycles. The zero-order valence-corrected chi connectivity index (χ0v) is 16.6. The number of fused-ring (bicyclic) bond motifs is 1. The van der Waals surface area contributed by atoms with Crippen molar-refractivity contribution in [3.63, 3.8) is 0 Å². The lowest BCUT2D eigenvalue weighted by molar-refractivity contribution is 0.102. The highest BCUT2D eigenvalue weighted by molar-refractivity contribution is 6.31. The Morgan fingerprint density at radius 3 is 2.66 bits per heavy atom. The second-order valence-corrected chi connectivity index (χ2v) is 7.34. The Kier molecular flexibility index (Phi) is 5.19. The number of benzene rings is 3. The number of carbonyl (C=O) groups excluding carboxylic acids is 1. The van der Waals surface area contributed by atoms with Crippen LogP contribution in [0.25, 0.3) is 10.8 Å². The van der Waals surface area contributed by atoms with Crippen LogP contribution in [0.1, 0.15) is 21.5 Å². The predicted molar refractivity (Wildman–Crippen MR) is 118 cm³/mol. The largest absolute Gasteiger partial charge is 0.322 e. The van der Waals surface area contributed by atoms with Gasteiger partial charge in [0.15, 0.2) is 0 Å². The lowest BCUT2D eigenvalue weighted by atomic mass is 10.0. The summed E-state index contributed by atoms with van der Waals surface area (Å²) in [6, 6.07) is 22.6. The van der Waals surface area contributed by atoms with Crippen molar-refractivity contribution >= 4 is 34.0 Å². The molecule has 0 saturated heterocycles. The molecule has 4 nitrogen and oxygen atoms in total. The molecule has 0 fully saturated rings. The number of rotatable bonds is 4. The number of halogens is 1.